The van der Waals surface area contributed by atoms with Gasteiger partial charge in [-0.05, 0) is 24.1 Å². The lowest BCUT2D eigenvalue weighted by Crippen LogP contribution is -2.07. The zero-order valence-electron chi connectivity index (χ0n) is 12.2. The number of methoxy groups -OCH3 is 2. The molecule has 4 nitrogen and oxygen atoms in total. The van der Waals surface area contributed by atoms with E-state index in [2.05, 4.69) is 5.32 Å². The highest BCUT2D eigenvalue weighted by Gasteiger charge is 2.07. The molecule has 0 radical (unpaired) electrons. The van der Waals surface area contributed by atoms with Crippen LogP contribution in [0.1, 0.15) is 5.56 Å². The summed E-state index contributed by atoms with van der Waals surface area (Å²) < 4.78 is 23.5. The minimum Gasteiger partial charge on any atom is -0.497 e. The van der Waals surface area contributed by atoms with E-state index >= 15 is 0 Å². The maximum atomic E-state index is 13.4. The van der Waals surface area contributed by atoms with Crippen LogP contribution in [-0.2, 0) is 6.42 Å². The summed E-state index contributed by atoms with van der Waals surface area (Å²) in [5, 5.41) is 3.19. The molecular formula is C16H19FN2O2. The summed E-state index contributed by atoms with van der Waals surface area (Å²) >= 11 is 0. The molecule has 0 unspecified atom stereocenters. The van der Waals surface area contributed by atoms with E-state index in [1.54, 1.807) is 13.2 Å². The summed E-state index contributed by atoms with van der Waals surface area (Å²) in [5.41, 5.74) is 8.00. The Morgan fingerprint density at radius 1 is 1.10 bits per heavy atom. The first-order valence-corrected chi connectivity index (χ1v) is 6.64. The van der Waals surface area contributed by atoms with E-state index in [1.807, 2.05) is 24.3 Å². The van der Waals surface area contributed by atoms with Crippen molar-refractivity contribution in [2.24, 2.45) is 0 Å². The predicted octanol–water partition coefficient (Wildman–Crippen LogP) is 3.08. The van der Waals surface area contributed by atoms with Gasteiger partial charge in [0, 0.05) is 18.7 Å². The van der Waals surface area contributed by atoms with Crippen molar-refractivity contribution in [2.75, 3.05) is 31.8 Å². The number of rotatable bonds is 6. The highest BCUT2D eigenvalue weighted by atomic mass is 19.1. The fourth-order valence-corrected chi connectivity index (χ4v) is 2.01. The Morgan fingerprint density at radius 3 is 2.43 bits per heavy atom. The van der Waals surface area contributed by atoms with E-state index in [4.69, 9.17) is 15.2 Å². The molecule has 2 rings (SSSR count). The van der Waals surface area contributed by atoms with Crippen LogP contribution in [0.3, 0.4) is 0 Å². The summed E-state index contributed by atoms with van der Waals surface area (Å²) in [5.74, 6) is 0.547. The van der Waals surface area contributed by atoms with Crippen molar-refractivity contribution >= 4 is 11.4 Å². The van der Waals surface area contributed by atoms with E-state index in [0.29, 0.717) is 17.9 Å². The van der Waals surface area contributed by atoms with Gasteiger partial charge in [-0.15, -0.1) is 0 Å². The van der Waals surface area contributed by atoms with Crippen LogP contribution in [0.15, 0.2) is 36.4 Å². The van der Waals surface area contributed by atoms with E-state index < -0.39 is 5.82 Å². The second-order valence-corrected chi connectivity index (χ2v) is 4.60. The average molecular weight is 290 g/mol. The van der Waals surface area contributed by atoms with Crippen molar-refractivity contribution in [1.82, 2.24) is 0 Å². The molecule has 0 bridgehead atoms. The fraction of sp³-hybridized carbons (Fsp3) is 0.250. The summed E-state index contributed by atoms with van der Waals surface area (Å²) in [6.07, 6.45) is 0.823. The van der Waals surface area contributed by atoms with E-state index in [9.17, 15) is 4.39 Å². The third-order valence-electron chi connectivity index (χ3n) is 3.21. The third-order valence-corrected chi connectivity index (χ3v) is 3.21. The second kappa shape index (κ2) is 6.83. The van der Waals surface area contributed by atoms with Crippen LogP contribution in [0, 0.1) is 5.82 Å². The van der Waals surface area contributed by atoms with Crippen LogP contribution in [0.2, 0.25) is 0 Å². The van der Waals surface area contributed by atoms with Crippen LogP contribution in [0.25, 0.3) is 0 Å². The van der Waals surface area contributed by atoms with Crippen LogP contribution in [0.4, 0.5) is 15.8 Å². The summed E-state index contributed by atoms with van der Waals surface area (Å²) in [6.45, 7) is 0.686. The molecule has 2 aromatic carbocycles. The number of hydrogen-bond donors (Lipinski definition) is 2. The molecule has 0 saturated heterocycles. The van der Waals surface area contributed by atoms with Gasteiger partial charge in [0.1, 0.15) is 5.75 Å². The summed E-state index contributed by atoms with van der Waals surface area (Å²) in [7, 11) is 3.07. The van der Waals surface area contributed by atoms with Crippen molar-refractivity contribution in [3.63, 3.8) is 0 Å². The van der Waals surface area contributed by atoms with Gasteiger partial charge in [-0.25, -0.2) is 4.39 Å². The van der Waals surface area contributed by atoms with Crippen molar-refractivity contribution in [3.8, 4) is 11.5 Å². The number of halogens is 1. The molecular weight excluding hydrogens is 271 g/mol. The molecule has 21 heavy (non-hydrogen) atoms. The van der Waals surface area contributed by atoms with Gasteiger partial charge >= 0.3 is 0 Å². The Hall–Kier alpha value is -2.43. The molecule has 0 saturated carbocycles. The number of ether oxygens (including phenoxy) is 2. The van der Waals surface area contributed by atoms with Crippen molar-refractivity contribution in [2.45, 2.75) is 6.42 Å². The average Bonchev–Trinajstić information content (AvgIpc) is 2.50. The Bertz CT molecular complexity index is 600. The standard InChI is InChI=1S/C16H19FN2O2/c1-20-12-5-3-11(4-6-12)7-8-19-15-10-16(21-2)13(17)9-14(15)18/h3-6,9-10,19H,7-8,18H2,1-2H3. The largest absolute Gasteiger partial charge is 0.497 e. The Labute approximate surface area is 123 Å². The lowest BCUT2D eigenvalue weighted by molar-refractivity contribution is 0.387. The summed E-state index contributed by atoms with van der Waals surface area (Å²) in [6, 6.07) is 10.7. The Balaban J connectivity index is 1.96. The number of nitrogen functional groups attached to an aromatic ring is 1. The van der Waals surface area contributed by atoms with Gasteiger partial charge in [0.05, 0.1) is 25.6 Å². The van der Waals surface area contributed by atoms with Gasteiger partial charge in [-0.1, -0.05) is 12.1 Å². The number of nitrogens with one attached hydrogen (secondary N) is 1. The normalized spacial score (nSPS) is 10.2. The first-order chi connectivity index (χ1) is 10.1. The van der Waals surface area contributed by atoms with Gasteiger partial charge in [0.25, 0.3) is 0 Å². The monoisotopic (exact) mass is 290 g/mol. The predicted molar refractivity (Wildman–Crippen MR) is 82.6 cm³/mol. The molecule has 0 aliphatic rings. The molecule has 0 heterocycles. The topological polar surface area (TPSA) is 56.5 Å². The molecule has 0 fully saturated rings. The van der Waals surface area contributed by atoms with Crippen LogP contribution in [-0.4, -0.2) is 20.8 Å². The zero-order chi connectivity index (χ0) is 15.2. The SMILES string of the molecule is COc1ccc(CCNc2cc(OC)c(F)cc2N)cc1. The molecule has 5 heteroatoms. The fourth-order valence-electron chi connectivity index (χ4n) is 2.01. The molecule has 112 valence electrons. The number of nitrogens with two attached hydrogens (primary N) is 1. The van der Waals surface area contributed by atoms with Crippen LogP contribution >= 0.6 is 0 Å². The second-order valence-electron chi connectivity index (χ2n) is 4.60. The molecule has 0 spiro atoms. The Kier molecular flexibility index (Phi) is 4.87. The molecule has 0 aromatic heterocycles. The minimum absolute atomic E-state index is 0.177. The maximum Gasteiger partial charge on any atom is 0.167 e. The van der Waals surface area contributed by atoms with Crippen molar-refractivity contribution < 1.29 is 13.9 Å². The molecule has 0 aliphatic heterocycles. The van der Waals surface area contributed by atoms with Gasteiger partial charge in [0.15, 0.2) is 11.6 Å². The highest BCUT2D eigenvalue weighted by molar-refractivity contribution is 5.68. The molecule has 0 atom stereocenters. The smallest absolute Gasteiger partial charge is 0.167 e. The zero-order valence-corrected chi connectivity index (χ0v) is 12.2. The highest BCUT2D eigenvalue weighted by Crippen LogP contribution is 2.27. The molecule has 0 aliphatic carbocycles. The first-order valence-electron chi connectivity index (χ1n) is 6.64. The first kappa shape index (κ1) is 15.0. The third kappa shape index (κ3) is 3.78. The van der Waals surface area contributed by atoms with E-state index in [-0.39, 0.29) is 5.75 Å². The van der Waals surface area contributed by atoms with Gasteiger partial charge in [-0.3, -0.25) is 0 Å². The van der Waals surface area contributed by atoms with Gasteiger partial charge in [-0.2, -0.15) is 0 Å². The van der Waals surface area contributed by atoms with Gasteiger partial charge < -0.3 is 20.5 Å². The summed E-state index contributed by atoms with van der Waals surface area (Å²) in [4.78, 5) is 0. The van der Waals surface area contributed by atoms with Crippen LogP contribution < -0.4 is 20.5 Å². The Morgan fingerprint density at radius 2 is 1.81 bits per heavy atom. The lowest BCUT2D eigenvalue weighted by atomic mass is 10.1. The minimum atomic E-state index is -0.462. The molecule has 0 amide bonds. The molecule has 2 aromatic rings. The number of hydrogen-bond acceptors (Lipinski definition) is 4. The van der Waals surface area contributed by atoms with E-state index in [1.165, 1.54) is 18.7 Å². The quantitative estimate of drug-likeness (QED) is 0.803. The number of benzene rings is 2. The maximum absolute atomic E-state index is 13.4. The van der Waals surface area contributed by atoms with Crippen LogP contribution in [0.5, 0.6) is 11.5 Å². The molecule has 3 N–H and O–H groups in total. The van der Waals surface area contributed by atoms with Crippen molar-refractivity contribution in [3.05, 3.63) is 47.8 Å². The van der Waals surface area contributed by atoms with E-state index in [0.717, 1.165) is 12.2 Å². The number of anilines is 2. The lowest BCUT2D eigenvalue weighted by Gasteiger charge is -2.12. The van der Waals surface area contributed by atoms with Crippen molar-refractivity contribution in [1.29, 1.82) is 0 Å². The van der Waals surface area contributed by atoms with Gasteiger partial charge in [0.2, 0.25) is 0 Å².